The summed E-state index contributed by atoms with van der Waals surface area (Å²) < 4.78 is 23.4. The molecule has 0 aliphatic heterocycles. The van der Waals surface area contributed by atoms with E-state index in [1.807, 2.05) is 0 Å². The van der Waals surface area contributed by atoms with Gasteiger partial charge in [0, 0.05) is 0 Å². The number of thiol groups is 1. The Morgan fingerprint density at radius 2 is 1.62 bits per heavy atom. The largest absolute Gasteiger partial charge is 0.394 e. The van der Waals surface area contributed by atoms with Crippen LogP contribution in [0.5, 0.6) is 0 Å². The predicted molar refractivity (Wildman–Crippen MR) is 47.5 cm³/mol. The zero-order chi connectivity index (χ0) is 12.9. The first-order valence-corrected chi connectivity index (χ1v) is 5.10. The number of hydrogen-bond donors (Lipinski definition) is 6. The van der Waals surface area contributed by atoms with Crippen molar-refractivity contribution in [3.8, 4) is 0 Å². The van der Waals surface area contributed by atoms with Crippen molar-refractivity contribution in [2.45, 2.75) is 24.4 Å². The predicted octanol–water partition coefficient (Wildman–Crippen LogP) is -4.51. The molecule has 0 saturated carbocycles. The summed E-state index contributed by atoms with van der Waals surface area (Å²) in [6.45, 7) is -0.921. The van der Waals surface area contributed by atoms with Crippen LogP contribution in [0.15, 0.2) is 0 Å². The van der Waals surface area contributed by atoms with Crippen molar-refractivity contribution < 1.29 is 42.9 Å². The van der Waals surface area contributed by atoms with Crippen LogP contribution in [-0.2, 0) is 20.0 Å². The fourth-order valence-corrected chi connectivity index (χ4v) is 1.04. The minimum absolute atomic E-state index is 0.921. The zero-order valence-electron chi connectivity index (χ0n) is 7.83. The Morgan fingerprint density at radius 3 is 2.00 bits per heavy atom. The summed E-state index contributed by atoms with van der Waals surface area (Å²) in [5.41, 5.74) is 0. The number of carbonyl (C=O) groups is 1. The molecule has 16 heavy (non-hydrogen) atoms. The third-order valence-corrected chi connectivity index (χ3v) is 1.99. The number of carbonyl (C=O) groups excluding carboxylic acids is 1. The van der Waals surface area contributed by atoms with Crippen molar-refractivity contribution in [2.75, 3.05) is 6.61 Å². The first-order chi connectivity index (χ1) is 7.31. The molecule has 0 aliphatic rings. The Labute approximate surface area is 91.7 Å². The van der Waals surface area contributed by atoms with Gasteiger partial charge in [0.05, 0.1) is 6.61 Å². The van der Waals surface area contributed by atoms with E-state index in [0.29, 0.717) is 0 Å². The van der Waals surface area contributed by atoms with E-state index in [9.17, 15) is 13.2 Å². The molecule has 10 heteroatoms. The summed E-state index contributed by atoms with van der Waals surface area (Å²) >= 11 is 0. The molecule has 0 radical (unpaired) electrons. The SMILES string of the molecule is O=C(O[SH](=O)=O)[C@H](O)[C@@H](O)[C@H](O)[C@H](O)CO. The van der Waals surface area contributed by atoms with Gasteiger partial charge in [-0.25, -0.2) is 4.79 Å². The zero-order valence-corrected chi connectivity index (χ0v) is 8.73. The second kappa shape index (κ2) is 6.73. The molecule has 0 rings (SSSR count). The second-order valence-corrected chi connectivity index (χ2v) is 3.44. The highest BCUT2D eigenvalue weighted by atomic mass is 32.2. The highest BCUT2D eigenvalue weighted by molar-refractivity contribution is 7.67. The van der Waals surface area contributed by atoms with Crippen LogP contribution >= 0.6 is 0 Å². The lowest BCUT2D eigenvalue weighted by Crippen LogP contribution is -2.49. The first-order valence-electron chi connectivity index (χ1n) is 4.00. The van der Waals surface area contributed by atoms with Gasteiger partial charge < -0.3 is 29.7 Å². The molecule has 0 aromatic rings. The van der Waals surface area contributed by atoms with Gasteiger partial charge in [0.15, 0.2) is 6.10 Å². The smallest absolute Gasteiger partial charge is 0.353 e. The van der Waals surface area contributed by atoms with Gasteiger partial charge in [0.1, 0.15) is 18.3 Å². The molecule has 0 heterocycles. The van der Waals surface area contributed by atoms with Gasteiger partial charge in [0.2, 0.25) is 0 Å². The molecule has 9 nitrogen and oxygen atoms in total. The van der Waals surface area contributed by atoms with Crippen molar-refractivity contribution in [1.82, 2.24) is 0 Å². The lowest BCUT2D eigenvalue weighted by atomic mass is 10.0. The molecule has 5 N–H and O–H groups in total. The van der Waals surface area contributed by atoms with E-state index in [0.717, 1.165) is 0 Å². The maximum atomic E-state index is 10.7. The topological polar surface area (TPSA) is 162 Å². The van der Waals surface area contributed by atoms with Crippen LogP contribution in [0.3, 0.4) is 0 Å². The van der Waals surface area contributed by atoms with E-state index in [-0.39, 0.29) is 0 Å². The quantitative estimate of drug-likeness (QED) is 0.258. The maximum absolute atomic E-state index is 10.7. The Hall–Kier alpha value is -0.780. The third-order valence-electron chi connectivity index (χ3n) is 1.66. The molecule has 0 unspecified atom stereocenters. The molecule has 0 amide bonds. The Kier molecular flexibility index (Phi) is 6.40. The Balaban J connectivity index is 4.47. The van der Waals surface area contributed by atoms with Gasteiger partial charge in [-0.3, -0.25) is 0 Å². The van der Waals surface area contributed by atoms with Crippen LogP contribution in [0.25, 0.3) is 0 Å². The molecule has 0 saturated heterocycles. The van der Waals surface area contributed by atoms with Gasteiger partial charge >= 0.3 is 17.0 Å². The van der Waals surface area contributed by atoms with Crippen molar-refractivity contribution in [3.05, 3.63) is 0 Å². The highest BCUT2D eigenvalue weighted by Crippen LogP contribution is 2.06. The molecule has 0 fully saturated rings. The van der Waals surface area contributed by atoms with E-state index >= 15 is 0 Å². The van der Waals surface area contributed by atoms with Crippen LogP contribution in [0.2, 0.25) is 0 Å². The number of hydrogen-bond acceptors (Lipinski definition) is 9. The van der Waals surface area contributed by atoms with Crippen molar-refractivity contribution in [1.29, 1.82) is 0 Å². The summed E-state index contributed by atoms with van der Waals surface area (Å²) in [6, 6.07) is 0. The highest BCUT2D eigenvalue weighted by Gasteiger charge is 2.35. The number of rotatable bonds is 6. The third kappa shape index (κ3) is 4.38. The van der Waals surface area contributed by atoms with Crippen molar-refractivity contribution in [3.63, 3.8) is 0 Å². The summed E-state index contributed by atoms with van der Waals surface area (Å²) in [6.07, 6.45) is -8.37. The van der Waals surface area contributed by atoms with Gasteiger partial charge in [-0.2, -0.15) is 8.42 Å². The van der Waals surface area contributed by atoms with Crippen LogP contribution in [0.1, 0.15) is 0 Å². The maximum Gasteiger partial charge on any atom is 0.353 e. The number of aliphatic hydroxyl groups is 5. The van der Waals surface area contributed by atoms with Crippen LogP contribution in [0.4, 0.5) is 0 Å². The molecule has 96 valence electrons. The fraction of sp³-hybridized carbons (Fsp3) is 0.833. The summed E-state index contributed by atoms with van der Waals surface area (Å²) in [5, 5.41) is 44.4. The van der Waals surface area contributed by atoms with Crippen LogP contribution in [0, 0.1) is 0 Å². The van der Waals surface area contributed by atoms with Gasteiger partial charge in [-0.1, -0.05) is 0 Å². The lowest BCUT2D eigenvalue weighted by Gasteiger charge is -2.23. The van der Waals surface area contributed by atoms with Crippen LogP contribution in [-0.4, -0.2) is 70.9 Å². The van der Waals surface area contributed by atoms with Gasteiger partial charge in [-0.15, -0.1) is 0 Å². The van der Waals surface area contributed by atoms with Crippen LogP contribution < -0.4 is 0 Å². The van der Waals surface area contributed by atoms with E-state index in [4.69, 9.17) is 25.5 Å². The lowest BCUT2D eigenvalue weighted by molar-refractivity contribution is -0.160. The molecule has 0 aromatic carbocycles. The molecule has 4 atom stereocenters. The van der Waals surface area contributed by atoms with Crippen molar-refractivity contribution in [2.24, 2.45) is 0 Å². The second-order valence-electron chi connectivity index (χ2n) is 2.81. The van der Waals surface area contributed by atoms with E-state index in [1.165, 1.54) is 0 Å². The summed E-state index contributed by atoms with van der Waals surface area (Å²) in [5.74, 6) is -1.70. The van der Waals surface area contributed by atoms with E-state index in [1.54, 1.807) is 0 Å². The fourth-order valence-electron chi connectivity index (χ4n) is 0.789. The van der Waals surface area contributed by atoms with Gasteiger partial charge in [-0.05, 0) is 0 Å². The molecule has 0 spiro atoms. The molecular weight excluding hydrogens is 248 g/mol. The first kappa shape index (κ1) is 15.2. The van der Waals surface area contributed by atoms with E-state index in [2.05, 4.69) is 4.18 Å². The minimum Gasteiger partial charge on any atom is -0.394 e. The monoisotopic (exact) mass is 260 g/mol. The summed E-state index contributed by atoms with van der Waals surface area (Å²) in [7, 11) is -3.55. The van der Waals surface area contributed by atoms with Gasteiger partial charge in [0.25, 0.3) is 0 Å². The minimum atomic E-state index is -3.55. The molecular formula is C6H12O9S. The average Bonchev–Trinajstić information content (AvgIpc) is 2.23. The number of aliphatic hydroxyl groups excluding tert-OH is 5. The Bertz CT molecular complexity index is 292. The molecule has 0 aliphatic carbocycles. The molecule has 0 bridgehead atoms. The van der Waals surface area contributed by atoms with Crippen molar-refractivity contribution >= 4 is 17.0 Å². The normalized spacial score (nSPS) is 18.9. The average molecular weight is 260 g/mol. The summed E-state index contributed by atoms with van der Waals surface area (Å²) in [4.78, 5) is 10.7. The van der Waals surface area contributed by atoms with E-state index < -0.39 is 48.0 Å². The standard InChI is InChI=1S/C6H12O9S/c7-1-2(8)3(9)4(10)5(11)6(12)15-16(13)14/h2-5,7-11,16H,1H2/t2-,3-,4+,5-/m1/s1. The Morgan fingerprint density at radius 1 is 1.12 bits per heavy atom. The molecule has 0 aromatic heterocycles.